The van der Waals surface area contributed by atoms with Gasteiger partial charge in [-0.25, -0.2) is 0 Å². The number of para-hydroxylation sites is 2. The third-order valence-electron chi connectivity index (χ3n) is 8.09. The minimum absolute atomic E-state index is 0. The molecule has 211 valence electrons. The molecular weight excluding hydrogens is 601 g/mol. The van der Waals surface area contributed by atoms with E-state index in [-0.39, 0.29) is 32.7 Å². The molecule has 1 radical (unpaired) electrons. The molecule has 3 aromatic carbocycles. The summed E-state index contributed by atoms with van der Waals surface area (Å²) in [4.78, 5) is 6.13. The van der Waals surface area contributed by atoms with E-state index in [1.54, 1.807) is 7.11 Å². The number of nitrogens with zero attached hydrogens (tertiary/aromatic N) is 4. The van der Waals surface area contributed by atoms with Gasteiger partial charge in [-0.05, 0) is 61.9 Å². The van der Waals surface area contributed by atoms with E-state index < -0.39 is 0 Å². The Morgan fingerprint density at radius 2 is 1.71 bits per heavy atom. The quantitative estimate of drug-likeness (QED) is 0.137. The summed E-state index contributed by atoms with van der Waals surface area (Å²) in [6.45, 7) is 8.75. The predicted molar refractivity (Wildman–Crippen MR) is 171 cm³/mol. The molecule has 1 aromatic heterocycles. The van der Waals surface area contributed by atoms with Crippen molar-refractivity contribution in [1.29, 1.82) is 0 Å². The number of rotatable bonds is 10. The van der Waals surface area contributed by atoms with Crippen molar-refractivity contribution >= 4 is 40.2 Å². The summed E-state index contributed by atoms with van der Waals surface area (Å²) in [7, 11) is 8.55. The summed E-state index contributed by atoms with van der Waals surface area (Å²) in [5.74, 6) is 2.06. The predicted octanol–water partition coefficient (Wildman–Crippen LogP) is 6.98. The van der Waals surface area contributed by atoms with Crippen molar-refractivity contribution in [3.63, 3.8) is 0 Å². The molecule has 0 unspecified atom stereocenters. The van der Waals surface area contributed by atoms with E-state index in [2.05, 4.69) is 134 Å². The van der Waals surface area contributed by atoms with E-state index >= 15 is 0 Å². The molecule has 4 aromatic rings. The largest absolute Gasteiger partial charge is 0.497 e. The molecule has 0 bridgehead atoms. The number of hydrogen-bond donors (Lipinski definition) is 0. The van der Waals surface area contributed by atoms with Crippen LogP contribution in [0, 0.1) is 0 Å². The first-order chi connectivity index (χ1) is 19.3. The molecule has 7 heteroatoms. The average molecular weight is 644 g/mol. The monoisotopic (exact) mass is 643 g/mol. The number of pyridine rings is 1. The number of benzene rings is 3. The molecule has 0 fully saturated rings. The first kappa shape index (κ1) is 31.6. The molecule has 0 amide bonds. The van der Waals surface area contributed by atoms with Crippen LogP contribution >= 0.6 is 11.8 Å². The van der Waals surface area contributed by atoms with Crippen LogP contribution in [-0.2, 0) is 32.7 Å². The summed E-state index contributed by atoms with van der Waals surface area (Å²) in [5, 5.41) is 2.43. The van der Waals surface area contributed by atoms with Gasteiger partial charge in [0.25, 0.3) is 5.82 Å². The number of quaternary nitrogens is 1. The standard InChI is InChI=1S/C34H42N4OS.Y/c1-7-36(21-14-22-38(4,5)8-2)33-23-26(24-34-35(3)30-17-12-13-18-32(30)40-34)29-20-19-28(39-6)25-31(29)37(33)27-15-10-9-11-16-27;/h9-13,15-20,23-25H,7-8,14,21-22H2,1-6H3;/q+2;. The number of thioether (sulfide) groups is 1. The van der Waals surface area contributed by atoms with E-state index in [0.29, 0.717) is 0 Å². The second-order valence-corrected chi connectivity index (χ2v) is 12.1. The molecule has 0 atom stereocenters. The van der Waals surface area contributed by atoms with Crippen LogP contribution in [0.3, 0.4) is 0 Å². The van der Waals surface area contributed by atoms with Gasteiger partial charge in [0.2, 0.25) is 0 Å². The number of anilines is 2. The van der Waals surface area contributed by atoms with Crippen LogP contribution in [0.2, 0.25) is 0 Å². The van der Waals surface area contributed by atoms with E-state index in [1.165, 1.54) is 32.4 Å². The minimum Gasteiger partial charge on any atom is -0.497 e. The third-order valence-corrected chi connectivity index (χ3v) is 9.25. The molecule has 0 saturated heterocycles. The van der Waals surface area contributed by atoms with Gasteiger partial charge in [-0.15, -0.1) is 0 Å². The minimum atomic E-state index is 0. The second-order valence-electron chi connectivity index (χ2n) is 11.0. The van der Waals surface area contributed by atoms with Crippen LogP contribution in [0.5, 0.6) is 5.75 Å². The van der Waals surface area contributed by atoms with Crippen LogP contribution in [0.25, 0.3) is 22.7 Å². The van der Waals surface area contributed by atoms with Gasteiger partial charge in [-0.1, -0.05) is 42.1 Å². The van der Waals surface area contributed by atoms with Gasteiger partial charge in [-0.3, -0.25) is 4.90 Å². The number of methoxy groups -OCH3 is 1. The van der Waals surface area contributed by atoms with E-state index in [1.807, 2.05) is 11.8 Å². The zero-order chi connectivity index (χ0) is 28.3. The Morgan fingerprint density at radius 3 is 2.39 bits per heavy atom. The molecule has 0 aliphatic carbocycles. The van der Waals surface area contributed by atoms with Crippen molar-refractivity contribution in [2.45, 2.75) is 25.2 Å². The molecule has 0 saturated carbocycles. The molecule has 5 nitrogen and oxygen atoms in total. The maximum atomic E-state index is 5.73. The summed E-state index contributed by atoms with van der Waals surface area (Å²) < 4.78 is 9.17. The number of ether oxygens (including phenoxy) is 1. The Bertz CT molecular complexity index is 1520. The Morgan fingerprint density at radius 1 is 0.976 bits per heavy atom. The Labute approximate surface area is 275 Å². The summed E-state index contributed by atoms with van der Waals surface area (Å²) >= 11 is 1.83. The molecule has 1 aliphatic rings. The van der Waals surface area contributed by atoms with E-state index in [0.717, 1.165) is 54.0 Å². The van der Waals surface area contributed by atoms with Crippen LogP contribution in [0.4, 0.5) is 11.5 Å². The SMILES string of the molecule is CCN(CCC[N+](C)(C)CC)c1cc(C=C2Sc3ccccc3N2C)c2ccc(OC)cc2[n+]1-c1ccccc1.[Y]. The normalized spacial score (nSPS) is 13.8. The molecule has 5 rings (SSSR count). The van der Waals surface area contributed by atoms with Crippen LogP contribution in [0.15, 0.2) is 88.8 Å². The van der Waals surface area contributed by atoms with Crippen molar-refractivity contribution < 1.29 is 46.5 Å². The van der Waals surface area contributed by atoms with Gasteiger partial charge < -0.3 is 14.1 Å². The van der Waals surface area contributed by atoms with Crippen molar-refractivity contribution in [2.24, 2.45) is 0 Å². The van der Waals surface area contributed by atoms with Crippen LogP contribution in [0.1, 0.15) is 25.8 Å². The molecule has 0 spiro atoms. The summed E-state index contributed by atoms with van der Waals surface area (Å²) in [6.07, 6.45) is 3.48. The van der Waals surface area contributed by atoms with Gasteiger partial charge in [0.1, 0.15) is 17.0 Å². The number of aromatic nitrogens is 1. The van der Waals surface area contributed by atoms with Gasteiger partial charge in [0.15, 0.2) is 0 Å². The van der Waals surface area contributed by atoms with Gasteiger partial charge in [-0.2, -0.15) is 4.57 Å². The maximum Gasteiger partial charge on any atom is 0.282 e. The van der Waals surface area contributed by atoms with Gasteiger partial charge in [0, 0.05) is 68.6 Å². The zero-order valence-electron chi connectivity index (χ0n) is 25.3. The summed E-state index contributed by atoms with van der Waals surface area (Å²) in [5.41, 5.74) is 4.76. The topological polar surface area (TPSA) is 19.6 Å². The van der Waals surface area contributed by atoms with Crippen molar-refractivity contribution in [3.05, 3.63) is 89.5 Å². The van der Waals surface area contributed by atoms with Crippen molar-refractivity contribution in [3.8, 4) is 11.4 Å². The number of fused-ring (bicyclic) bond motifs is 2. The van der Waals surface area contributed by atoms with E-state index in [4.69, 9.17) is 4.74 Å². The van der Waals surface area contributed by atoms with Crippen LogP contribution < -0.4 is 19.1 Å². The Kier molecular flexibility index (Phi) is 10.6. The zero-order valence-corrected chi connectivity index (χ0v) is 29.0. The van der Waals surface area contributed by atoms with Crippen molar-refractivity contribution in [2.75, 3.05) is 64.2 Å². The van der Waals surface area contributed by atoms with Gasteiger partial charge >= 0.3 is 0 Å². The molecular formula is C34H42N4OSY+2. The fraction of sp³-hybridized carbons (Fsp3) is 0.324. The fourth-order valence-corrected chi connectivity index (χ4v) is 6.44. The molecule has 2 heterocycles. The maximum absolute atomic E-state index is 5.73. The van der Waals surface area contributed by atoms with Crippen molar-refractivity contribution in [1.82, 2.24) is 0 Å². The third kappa shape index (κ3) is 6.83. The first-order valence-corrected chi connectivity index (χ1v) is 15.1. The number of hydrogen-bond acceptors (Lipinski definition) is 4. The fourth-order valence-electron chi connectivity index (χ4n) is 5.33. The second kappa shape index (κ2) is 13.7. The van der Waals surface area contributed by atoms with Crippen LogP contribution in [-0.4, -0.2) is 58.9 Å². The Balaban J connectivity index is 0.00000387. The first-order valence-electron chi connectivity index (χ1n) is 14.3. The Hall–Kier alpha value is -2.38. The van der Waals surface area contributed by atoms with E-state index in [9.17, 15) is 0 Å². The van der Waals surface area contributed by atoms with Gasteiger partial charge in [0.05, 0.1) is 58.1 Å². The molecule has 1 aliphatic heterocycles. The average Bonchev–Trinajstić information content (AvgIpc) is 3.30. The summed E-state index contributed by atoms with van der Waals surface area (Å²) in [6, 6.07) is 28.2. The molecule has 41 heavy (non-hydrogen) atoms. The smallest absolute Gasteiger partial charge is 0.282 e. The molecule has 0 N–H and O–H groups in total.